The predicted octanol–water partition coefficient (Wildman–Crippen LogP) is 7.01. The van der Waals surface area contributed by atoms with Gasteiger partial charge in [0.15, 0.2) is 0 Å². The van der Waals surface area contributed by atoms with Gasteiger partial charge in [0.2, 0.25) is 0 Å². The maximum absolute atomic E-state index is 3.25. The van der Waals surface area contributed by atoms with Gasteiger partial charge in [-0.25, -0.2) is 0 Å². The summed E-state index contributed by atoms with van der Waals surface area (Å²) < 4.78 is 0. The third-order valence-electron chi connectivity index (χ3n) is 4.61. The summed E-state index contributed by atoms with van der Waals surface area (Å²) in [6, 6.07) is 31.4. The molecule has 0 heteroatoms. The lowest BCUT2D eigenvalue weighted by Gasteiger charge is -2.10. The second kappa shape index (κ2) is 8.71. The first-order valence-electron chi connectivity index (χ1n) is 9.39. The molecule has 0 nitrogen and oxygen atoms in total. The maximum atomic E-state index is 3.25. The molecule has 1 aliphatic carbocycles. The third kappa shape index (κ3) is 4.11. The topological polar surface area (TPSA) is 0 Å². The largest absolute Gasteiger partial charge is 0.0696 e. The minimum atomic E-state index is 1.03. The van der Waals surface area contributed by atoms with Crippen LogP contribution in [-0.2, 0) is 0 Å². The highest BCUT2D eigenvalue weighted by Crippen LogP contribution is 2.28. The fraction of sp³-hybridized carbons (Fsp3) is 0. The molecule has 0 unspecified atom stereocenters. The second-order valence-electron chi connectivity index (χ2n) is 6.47. The van der Waals surface area contributed by atoms with Crippen molar-refractivity contribution in [1.29, 1.82) is 0 Å². The molecule has 0 fully saturated rings. The van der Waals surface area contributed by atoms with Gasteiger partial charge < -0.3 is 0 Å². The molecule has 0 radical (unpaired) electrons. The van der Waals surface area contributed by atoms with Crippen molar-refractivity contribution < 1.29 is 0 Å². The lowest BCUT2D eigenvalue weighted by molar-refractivity contribution is 1.54. The molecule has 0 spiro atoms. The van der Waals surface area contributed by atoms with E-state index in [2.05, 4.69) is 102 Å². The zero-order valence-corrected chi connectivity index (χ0v) is 15.5. The van der Waals surface area contributed by atoms with Crippen molar-refractivity contribution in [2.75, 3.05) is 0 Å². The summed E-state index contributed by atoms with van der Waals surface area (Å²) in [5, 5.41) is 0. The van der Waals surface area contributed by atoms with Crippen LogP contribution in [0.5, 0.6) is 0 Å². The van der Waals surface area contributed by atoms with Crippen LogP contribution < -0.4 is 0 Å². The molecule has 3 aromatic rings. The summed E-state index contributed by atoms with van der Waals surface area (Å²) in [5.41, 5.74) is 13.2. The normalized spacial score (nSPS) is 12.6. The van der Waals surface area contributed by atoms with Crippen LogP contribution in [0.2, 0.25) is 0 Å². The SMILES string of the molecule is C1=C=C(/C(=C\C=C(c2ccccc2)c2ccccc2)c2ccccc2)C=CC=1. The molecule has 0 bridgehead atoms. The Morgan fingerprint density at radius 2 is 1.04 bits per heavy atom. The van der Waals surface area contributed by atoms with Gasteiger partial charge in [-0.1, -0.05) is 121 Å². The smallest absolute Gasteiger partial charge is 0.0327 e. The van der Waals surface area contributed by atoms with Crippen molar-refractivity contribution in [2.45, 2.75) is 0 Å². The van der Waals surface area contributed by atoms with Crippen LogP contribution in [0.1, 0.15) is 16.7 Å². The van der Waals surface area contributed by atoms with Crippen LogP contribution in [-0.4, -0.2) is 0 Å². The van der Waals surface area contributed by atoms with E-state index >= 15 is 0 Å². The molecule has 3 aromatic carbocycles. The Kier molecular flexibility index (Phi) is 5.47. The second-order valence-corrected chi connectivity index (χ2v) is 6.47. The summed E-state index contributed by atoms with van der Waals surface area (Å²) in [6.07, 6.45) is 10.3. The van der Waals surface area contributed by atoms with Gasteiger partial charge in [0.05, 0.1) is 0 Å². The van der Waals surface area contributed by atoms with E-state index in [1.165, 1.54) is 16.7 Å². The Labute approximate surface area is 166 Å². The highest BCUT2D eigenvalue weighted by Gasteiger charge is 2.07. The molecule has 0 aliphatic heterocycles. The molecule has 0 amide bonds. The van der Waals surface area contributed by atoms with E-state index in [1.54, 1.807) is 0 Å². The monoisotopic (exact) mass is 356 g/mol. The Bertz CT molecular complexity index is 1090. The quantitative estimate of drug-likeness (QED) is 0.341. The summed E-state index contributed by atoms with van der Waals surface area (Å²) in [5.74, 6) is 0. The van der Waals surface area contributed by atoms with Gasteiger partial charge >= 0.3 is 0 Å². The number of hydrogen-bond acceptors (Lipinski definition) is 0. The summed E-state index contributed by atoms with van der Waals surface area (Å²) in [4.78, 5) is 0. The first kappa shape index (κ1) is 17.6. The molecule has 0 saturated carbocycles. The van der Waals surface area contributed by atoms with Gasteiger partial charge in [0.1, 0.15) is 0 Å². The minimum Gasteiger partial charge on any atom is -0.0696 e. The fourth-order valence-corrected chi connectivity index (χ4v) is 3.23. The Morgan fingerprint density at radius 3 is 1.50 bits per heavy atom. The van der Waals surface area contributed by atoms with Crippen LogP contribution in [0, 0.1) is 0 Å². The van der Waals surface area contributed by atoms with E-state index in [0.29, 0.717) is 0 Å². The maximum Gasteiger partial charge on any atom is 0.0327 e. The van der Waals surface area contributed by atoms with Gasteiger partial charge in [-0.3, -0.25) is 0 Å². The molecule has 28 heavy (non-hydrogen) atoms. The third-order valence-corrected chi connectivity index (χ3v) is 4.61. The van der Waals surface area contributed by atoms with Crippen molar-refractivity contribution in [3.8, 4) is 0 Å². The molecule has 132 valence electrons. The van der Waals surface area contributed by atoms with Crippen LogP contribution >= 0.6 is 0 Å². The Hall–Kier alpha value is -3.82. The van der Waals surface area contributed by atoms with Gasteiger partial charge in [-0.2, -0.15) is 0 Å². The van der Waals surface area contributed by atoms with E-state index in [0.717, 1.165) is 16.7 Å². The molecule has 0 aromatic heterocycles. The van der Waals surface area contributed by atoms with Crippen LogP contribution in [0.15, 0.2) is 138 Å². The van der Waals surface area contributed by atoms with Crippen molar-refractivity contribution >= 4 is 11.1 Å². The molecular formula is C28H20. The van der Waals surface area contributed by atoms with E-state index < -0.39 is 0 Å². The van der Waals surface area contributed by atoms with Crippen molar-refractivity contribution in [3.05, 3.63) is 155 Å². The zero-order valence-electron chi connectivity index (χ0n) is 15.5. The highest BCUT2D eigenvalue weighted by molar-refractivity contribution is 5.87. The van der Waals surface area contributed by atoms with E-state index in [1.807, 2.05) is 30.4 Å². The van der Waals surface area contributed by atoms with Gasteiger partial charge in [-0.15, -0.1) is 0 Å². The van der Waals surface area contributed by atoms with Crippen molar-refractivity contribution in [2.24, 2.45) is 0 Å². The predicted molar refractivity (Wildman–Crippen MR) is 119 cm³/mol. The summed E-state index contributed by atoms with van der Waals surface area (Å²) in [7, 11) is 0. The first-order valence-corrected chi connectivity index (χ1v) is 9.39. The molecule has 0 saturated heterocycles. The zero-order chi connectivity index (χ0) is 19.0. The number of benzene rings is 3. The molecule has 0 heterocycles. The van der Waals surface area contributed by atoms with Crippen LogP contribution in [0.3, 0.4) is 0 Å². The molecule has 1 aliphatic rings. The lowest BCUT2D eigenvalue weighted by atomic mass is 9.93. The number of rotatable bonds is 5. The van der Waals surface area contributed by atoms with Crippen LogP contribution in [0.4, 0.5) is 0 Å². The first-order chi connectivity index (χ1) is 13.9. The fourth-order valence-electron chi connectivity index (χ4n) is 3.23. The van der Waals surface area contributed by atoms with Gasteiger partial charge in [0, 0.05) is 5.57 Å². The summed E-state index contributed by atoms with van der Waals surface area (Å²) in [6.45, 7) is 0. The molecule has 4 rings (SSSR count). The lowest BCUT2D eigenvalue weighted by Crippen LogP contribution is -1.90. The summed E-state index contributed by atoms with van der Waals surface area (Å²) >= 11 is 0. The van der Waals surface area contributed by atoms with Gasteiger partial charge in [-0.05, 0) is 40.0 Å². The number of hydrogen-bond donors (Lipinski definition) is 0. The Balaban J connectivity index is 1.88. The Morgan fingerprint density at radius 1 is 0.571 bits per heavy atom. The standard InChI is InChI=1S/C28H20/c1-5-13-23(14-6-1)27(24-15-7-2-8-16-24)21-22-28(25-17-9-3-10-18-25)26-19-11-4-12-20-26/h1-11,13-19,21-22H/b28-22-. The van der Waals surface area contributed by atoms with Crippen molar-refractivity contribution in [1.82, 2.24) is 0 Å². The molecular weight excluding hydrogens is 336 g/mol. The van der Waals surface area contributed by atoms with Gasteiger partial charge in [0.25, 0.3) is 0 Å². The average molecular weight is 356 g/mol. The number of allylic oxidation sites excluding steroid dienone is 7. The van der Waals surface area contributed by atoms with Crippen molar-refractivity contribution in [3.63, 3.8) is 0 Å². The minimum absolute atomic E-state index is 1.03. The van der Waals surface area contributed by atoms with Crippen LogP contribution in [0.25, 0.3) is 11.1 Å². The average Bonchev–Trinajstić information content (AvgIpc) is 2.79. The highest BCUT2D eigenvalue weighted by atomic mass is 14.1. The molecule has 0 N–H and O–H groups in total. The van der Waals surface area contributed by atoms with E-state index in [-0.39, 0.29) is 0 Å². The molecule has 0 atom stereocenters. The van der Waals surface area contributed by atoms with E-state index in [4.69, 9.17) is 0 Å². The van der Waals surface area contributed by atoms with E-state index in [9.17, 15) is 0 Å².